The number of amides is 1. The highest BCUT2D eigenvalue weighted by atomic mass is 79.9. The van der Waals surface area contributed by atoms with Crippen LogP contribution in [0, 0.1) is 0 Å². The van der Waals surface area contributed by atoms with Gasteiger partial charge in [-0.05, 0) is 33.6 Å². The molecule has 0 saturated heterocycles. The van der Waals surface area contributed by atoms with Crippen molar-refractivity contribution >= 4 is 39.8 Å². The maximum atomic E-state index is 11.8. The van der Waals surface area contributed by atoms with Crippen molar-refractivity contribution in [1.82, 2.24) is 5.43 Å². The lowest BCUT2D eigenvalue weighted by Gasteiger charge is -2.03. The van der Waals surface area contributed by atoms with Crippen LogP contribution in [0.3, 0.4) is 0 Å². The summed E-state index contributed by atoms with van der Waals surface area (Å²) in [6, 6.07) is 13.7. The predicted octanol–water partition coefficient (Wildman–Crippen LogP) is 3.56. The molecular formula is C17H15BrN2O3S. The summed E-state index contributed by atoms with van der Waals surface area (Å²) in [6.07, 6.45) is 1.58. The molecule has 2 aromatic carbocycles. The van der Waals surface area contributed by atoms with Crippen molar-refractivity contribution in [3.05, 3.63) is 58.1 Å². The molecule has 0 unspecified atom stereocenters. The Morgan fingerprint density at radius 3 is 2.79 bits per heavy atom. The van der Waals surface area contributed by atoms with Gasteiger partial charge in [0.05, 0.1) is 12.0 Å². The minimum Gasteiger partial charge on any atom is -0.454 e. The second kappa shape index (κ2) is 8.21. The largest absolute Gasteiger partial charge is 0.454 e. The lowest BCUT2D eigenvalue weighted by molar-refractivity contribution is -0.118. The lowest BCUT2D eigenvalue weighted by atomic mass is 10.2. The van der Waals surface area contributed by atoms with E-state index < -0.39 is 0 Å². The van der Waals surface area contributed by atoms with Crippen LogP contribution in [-0.2, 0) is 10.5 Å². The summed E-state index contributed by atoms with van der Waals surface area (Å²) in [5.74, 6) is 2.38. The summed E-state index contributed by atoms with van der Waals surface area (Å²) in [6.45, 7) is 0.220. The number of halogens is 1. The van der Waals surface area contributed by atoms with E-state index in [2.05, 4.69) is 26.5 Å². The van der Waals surface area contributed by atoms with Gasteiger partial charge in [-0.1, -0.05) is 30.3 Å². The molecule has 1 aliphatic rings. The fraction of sp³-hybridized carbons (Fsp3) is 0.176. The van der Waals surface area contributed by atoms with Gasteiger partial charge in [-0.15, -0.1) is 11.8 Å². The Hall–Kier alpha value is -1.99. The van der Waals surface area contributed by atoms with E-state index in [0.717, 1.165) is 15.8 Å². The molecule has 0 spiro atoms. The predicted molar refractivity (Wildman–Crippen MR) is 98.6 cm³/mol. The summed E-state index contributed by atoms with van der Waals surface area (Å²) in [5, 5.41) is 3.99. The topological polar surface area (TPSA) is 59.9 Å². The third-order valence-electron chi connectivity index (χ3n) is 3.23. The SMILES string of the molecule is O=C(CSCc1ccccc1)N/N=C\c1cc2c(cc1Br)OCO2. The van der Waals surface area contributed by atoms with Gasteiger partial charge in [0.2, 0.25) is 12.7 Å². The number of benzene rings is 2. The molecule has 124 valence electrons. The molecule has 24 heavy (non-hydrogen) atoms. The molecule has 0 radical (unpaired) electrons. The maximum Gasteiger partial charge on any atom is 0.250 e. The molecule has 0 bridgehead atoms. The average molecular weight is 407 g/mol. The first-order valence-corrected chi connectivity index (χ1v) is 9.20. The smallest absolute Gasteiger partial charge is 0.250 e. The third kappa shape index (κ3) is 4.52. The molecular weight excluding hydrogens is 392 g/mol. The van der Waals surface area contributed by atoms with Crippen LogP contribution >= 0.6 is 27.7 Å². The summed E-state index contributed by atoms with van der Waals surface area (Å²) in [5.41, 5.74) is 4.53. The molecule has 0 saturated carbocycles. The molecule has 0 atom stereocenters. The van der Waals surface area contributed by atoms with Crippen molar-refractivity contribution in [3.8, 4) is 11.5 Å². The van der Waals surface area contributed by atoms with E-state index >= 15 is 0 Å². The van der Waals surface area contributed by atoms with E-state index in [0.29, 0.717) is 17.3 Å². The zero-order valence-electron chi connectivity index (χ0n) is 12.7. The maximum absolute atomic E-state index is 11.8. The van der Waals surface area contributed by atoms with E-state index in [4.69, 9.17) is 9.47 Å². The van der Waals surface area contributed by atoms with Gasteiger partial charge >= 0.3 is 0 Å². The first-order chi connectivity index (χ1) is 11.7. The Kier molecular flexibility index (Phi) is 5.77. The van der Waals surface area contributed by atoms with Crippen LogP contribution in [0.25, 0.3) is 0 Å². The Balaban J connectivity index is 1.47. The van der Waals surface area contributed by atoms with Crippen molar-refractivity contribution in [1.29, 1.82) is 0 Å². The highest BCUT2D eigenvalue weighted by Gasteiger charge is 2.15. The number of thioether (sulfide) groups is 1. The third-order valence-corrected chi connectivity index (χ3v) is 4.92. The van der Waals surface area contributed by atoms with Crippen LogP contribution in [0.1, 0.15) is 11.1 Å². The summed E-state index contributed by atoms with van der Waals surface area (Å²) >= 11 is 4.99. The van der Waals surface area contributed by atoms with E-state index in [-0.39, 0.29) is 12.7 Å². The number of carbonyl (C=O) groups excluding carboxylic acids is 1. The minimum atomic E-state index is -0.135. The van der Waals surface area contributed by atoms with Gasteiger partial charge in [-0.25, -0.2) is 5.43 Å². The zero-order chi connectivity index (χ0) is 16.8. The van der Waals surface area contributed by atoms with Gasteiger partial charge in [0.1, 0.15) is 0 Å². The number of hydrazone groups is 1. The second-order valence-electron chi connectivity index (χ2n) is 5.00. The molecule has 1 heterocycles. The van der Waals surface area contributed by atoms with Crippen molar-refractivity contribution in [2.75, 3.05) is 12.5 Å². The molecule has 1 N–H and O–H groups in total. The number of ether oxygens (including phenoxy) is 2. The summed E-state index contributed by atoms with van der Waals surface area (Å²) < 4.78 is 11.4. The Morgan fingerprint density at radius 1 is 1.25 bits per heavy atom. The molecule has 7 heteroatoms. The summed E-state index contributed by atoms with van der Waals surface area (Å²) in [7, 11) is 0. The first-order valence-electron chi connectivity index (χ1n) is 7.25. The van der Waals surface area contributed by atoms with Crippen LogP contribution in [0.5, 0.6) is 11.5 Å². The Morgan fingerprint density at radius 2 is 2.00 bits per heavy atom. The van der Waals surface area contributed by atoms with Gasteiger partial charge < -0.3 is 9.47 Å². The average Bonchev–Trinajstić information content (AvgIpc) is 3.03. The standard InChI is InChI=1S/C17H15BrN2O3S/c18-14-7-16-15(22-11-23-16)6-13(14)8-19-20-17(21)10-24-9-12-4-2-1-3-5-12/h1-8H,9-11H2,(H,20,21)/b19-8-. The lowest BCUT2D eigenvalue weighted by Crippen LogP contribution is -2.19. The van der Waals surface area contributed by atoms with E-state index in [9.17, 15) is 4.79 Å². The number of hydrogen-bond acceptors (Lipinski definition) is 5. The normalized spacial score (nSPS) is 12.5. The summed E-state index contributed by atoms with van der Waals surface area (Å²) in [4.78, 5) is 11.8. The van der Waals surface area contributed by atoms with Crippen LogP contribution < -0.4 is 14.9 Å². The fourth-order valence-electron chi connectivity index (χ4n) is 2.07. The van der Waals surface area contributed by atoms with E-state index in [1.807, 2.05) is 42.5 Å². The van der Waals surface area contributed by atoms with Crippen molar-refractivity contribution in [2.24, 2.45) is 5.10 Å². The van der Waals surface area contributed by atoms with Crippen molar-refractivity contribution < 1.29 is 14.3 Å². The molecule has 3 rings (SSSR count). The van der Waals surface area contributed by atoms with Crippen molar-refractivity contribution in [3.63, 3.8) is 0 Å². The quantitative estimate of drug-likeness (QED) is 0.588. The number of nitrogens with one attached hydrogen (secondary N) is 1. The number of carbonyl (C=O) groups is 1. The molecule has 0 fully saturated rings. The fourth-order valence-corrected chi connectivity index (χ4v) is 3.28. The van der Waals surface area contributed by atoms with E-state index in [1.54, 1.807) is 18.0 Å². The minimum absolute atomic E-state index is 0.135. The first kappa shape index (κ1) is 16.9. The molecule has 5 nitrogen and oxygen atoms in total. The zero-order valence-corrected chi connectivity index (χ0v) is 15.1. The van der Waals surface area contributed by atoms with Gasteiger partial charge in [-0.2, -0.15) is 5.10 Å². The van der Waals surface area contributed by atoms with Crippen LogP contribution in [0.4, 0.5) is 0 Å². The Bertz CT molecular complexity index is 753. The highest BCUT2D eigenvalue weighted by molar-refractivity contribution is 9.10. The molecule has 2 aromatic rings. The number of fused-ring (bicyclic) bond motifs is 1. The van der Waals surface area contributed by atoms with Gasteiger partial charge in [0, 0.05) is 15.8 Å². The highest BCUT2D eigenvalue weighted by Crippen LogP contribution is 2.36. The van der Waals surface area contributed by atoms with Gasteiger partial charge in [-0.3, -0.25) is 4.79 Å². The monoisotopic (exact) mass is 406 g/mol. The number of nitrogens with zero attached hydrogens (tertiary/aromatic N) is 1. The van der Waals surface area contributed by atoms with E-state index in [1.165, 1.54) is 5.56 Å². The van der Waals surface area contributed by atoms with Crippen molar-refractivity contribution in [2.45, 2.75) is 5.75 Å². The molecule has 0 aliphatic carbocycles. The van der Waals surface area contributed by atoms with Crippen LogP contribution in [0.2, 0.25) is 0 Å². The van der Waals surface area contributed by atoms with Crippen LogP contribution in [-0.4, -0.2) is 24.7 Å². The molecule has 1 amide bonds. The molecule has 0 aromatic heterocycles. The Labute approximate surface area is 152 Å². The van der Waals surface area contributed by atoms with Crippen LogP contribution in [0.15, 0.2) is 52.0 Å². The van der Waals surface area contributed by atoms with Gasteiger partial charge in [0.15, 0.2) is 11.5 Å². The number of hydrogen-bond donors (Lipinski definition) is 1. The number of rotatable bonds is 6. The second-order valence-corrected chi connectivity index (χ2v) is 6.84. The molecule has 1 aliphatic heterocycles. The van der Waals surface area contributed by atoms with Gasteiger partial charge in [0.25, 0.3) is 0 Å².